The first-order valence-electron chi connectivity index (χ1n) is 9.75. The topological polar surface area (TPSA) is 273 Å². The number of hydrogen-bond donors (Lipinski definition) is 10. The number of carbonyl (C=O) groups excluding carboxylic acids is 3. The average Bonchev–Trinajstić information content (AvgIpc) is 2.71. The van der Waals surface area contributed by atoms with E-state index in [1.165, 1.54) is 0 Å². The van der Waals surface area contributed by atoms with Crippen molar-refractivity contribution in [3.05, 3.63) is 0 Å². The van der Waals surface area contributed by atoms with Crippen molar-refractivity contribution in [1.29, 1.82) is 0 Å². The summed E-state index contributed by atoms with van der Waals surface area (Å²) in [4.78, 5) is 63.1. The van der Waals surface area contributed by atoms with Crippen LogP contribution in [0.3, 0.4) is 0 Å². The van der Waals surface area contributed by atoms with E-state index < -0.39 is 66.4 Å². The largest absolute Gasteiger partial charge is 0.481 e. The Kier molecular flexibility index (Phi) is 13.5. The van der Waals surface area contributed by atoms with Gasteiger partial charge in [0.1, 0.15) is 18.1 Å². The summed E-state index contributed by atoms with van der Waals surface area (Å²) in [7, 11) is 0. The number of hydrogen-bond acceptors (Lipinski definition) is 9. The van der Waals surface area contributed by atoms with Gasteiger partial charge in [-0.3, -0.25) is 24.2 Å². The lowest BCUT2D eigenvalue weighted by atomic mass is 10.1. The molecule has 0 radical (unpaired) electrons. The first-order chi connectivity index (χ1) is 15.3. The van der Waals surface area contributed by atoms with Crippen molar-refractivity contribution in [1.82, 2.24) is 16.0 Å². The Morgan fingerprint density at radius 3 is 2.00 bits per heavy atom. The number of amides is 3. The van der Waals surface area contributed by atoms with Crippen LogP contribution in [0.25, 0.3) is 0 Å². The summed E-state index contributed by atoms with van der Waals surface area (Å²) in [5.41, 5.74) is 16.1. The van der Waals surface area contributed by atoms with Gasteiger partial charge in [0.05, 0.1) is 18.6 Å². The molecule has 3 amide bonds. The third-order valence-corrected chi connectivity index (χ3v) is 4.56. The summed E-state index contributed by atoms with van der Waals surface area (Å²) >= 11 is 3.91. The molecular weight excluding hydrogens is 462 g/mol. The monoisotopic (exact) mass is 493 g/mol. The van der Waals surface area contributed by atoms with E-state index in [2.05, 4.69) is 28.3 Å². The van der Waals surface area contributed by atoms with Crippen molar-refractivity contribution in [2.24, 2.45) is 22.2 Å². The van der Waals surface area contributed by atoms with Crippen LogP contribution >= 0.6 is 12.6 Å². The first kappa shape index (κ1) is 29.9. The van der Waals surface area contributed by atoms with Gasteiger partial charge in [0.15, 0.2) is 5.96 Å². The Labute approximate surface area is 194 Å². The van der Waals surface area contributed by atoms with Gasteiger partial charge in [-0.05, 0) is 19.8 Å². The smallest absolute Gasteiger partial charge is 0.326 e. The lowest BCUT2D eigenvalue weighted by molar-refractivity contribution is -0.148. The number of nitrogens with one attached hydrogen (secondary N) is 3. The molecular formula is C17H31N7O8S. The second kappa shape index (κ2) is 14.9. The molecule has 0 bridgehead atoms. The number of nitrogens with zero attached hydrogens (tertiary/aromatic N) is 1. The van der Waals surface area contributed by atoms with Crippen LogP contribution in [0.1, 0.15) is 26.2 Å². The van der Waals surface area contributed by atoms with Gasteiger partial charge < -0.3 is 48.5 Å². The lowest BCUT2D eigenvalue weighted by Gasteiger charge is -2.26. The van der Waals surface area contributed by atoms with Crippen LogP contribution in [0.4, 0.5) is 0 Å². The molecule has 0 saturated heterocycles. The molecule has 5 atom stereocenters. The van der Waals surface area contributed by atoms with Crippen LogP contribution in [0.2, 0.25) is 0 Å². The van der Waals surface area contributed by atoms with E-state index in [1.54, 1.807) is 0 Å². The fourth-order valence-electron chi connectivity index (χ4n) is 2.43. The van der Waals surface area contributed by atoms with Gasteiger partial charge in [-0.1, -0.05) is 0 Å². The number of aliphatic imine (C=N–C) groups is 1. The van der Waals surface area contributed by atoms with Gasteiger partial charge >= 0.3 is 11.9 Å². The third-order valence-electron chi connectivity index (χ3n) is 4.17. The van der Waals surface area contributed by atoms with Crippen molar-refractivity contribution in [3.8, 4) is 0 Å². The molecule has 5 unspecified atom stereocenters. The molecule has 33 heavy (non-hydrogen) atoms. The normalized spacial score (nSPS) is 15.2. The third kappa shape index (κ3) is 11.9. The molecule has 0 spiro atoms. The molecule has 0 fully saturated rings. The molecule has 0 heterocycles. The summed E-state index contributed by atoms with van der Waals surface area (Å²) in [5, 5.41) is 34.4. The molecule has 0 aromatic carbocycles. The summed E-state index contributed by atoms with van der Waals surface area (Å²) in [6.07, 6.45) is -2.14. The Bertz CT molecular complexity index is 745. The minimum Gasteiger partial charge on any atom is -0.481 e. The van der Waals surface area contributed by atoms with Gasteiger partial charge in [0.2, 0.25) is 17.7 Å². The van der Waals surface area contributed by atoms with Gasteiger partial charge in [-0.25, -0.2) is 4.79 Å². The molecule has 15 nitrogen and oxygen atoms in total. The predicted octanol–water partition coefficient (Wildman–Crippen LogP) is -4.31. The van der Waals surface area contributed by atoms with E-state index in [-0.39, 0.29) is 31.1 Å². The molecule has 0 aromatic heterocycles. The Morgan fingerprint density at radius 2 is 1.55 bits per heavy atom. The zero-order valence-corrected chi connectivity index (χ0v) is 18.8. The minimum atomic E-state index is -1.79. The fourth-order valence-corrected chi connectivity index (χ4v) is 2.60. The van der Waals surface area contributed by atoms with Crippen molar-refractivity contribution in [2.45, 2.75) is 56.5 Å². The highest BCUT2D eigenvalue weighted by molar-refractivity contribution is 7.80. The molecule has 188 valence electrons. The van der Waals surface area contributed by atoms with E-state index in [9.17, 15) is 29.1 Å². The van der Waals surface area contributed by atoms with E-state index in [4.69, 9.17) is 27.4 Å². The van der Waals surface area contributed by atoms with Gasteiger partial charge in [-0.2, -0.15) is 12.6 Å². The van der Waals surface area contributed by atoms with Crippen LogP contribution in [-0.2, 0) is 24.0 Å². The van der Waals surface area contributed by atoms with E-state index in [0.717, 1.165) is 6.92 Å². The van der Waals surface area contributed by atoms with Crippen LogP contribution in [0, 0.1) is 0 Å². The Balaban J connectivity index is 5.47. The molecule has 16 heteroatoms. The van der Waals surface area contributed by atoms with Crippen LogP contribution in [0.15, 0.2) is 4.99 Å². The van der Waals surface area contributed by atoms with Crippen LogP contribution < -0.4 is 33.2 Å². The number of carbonyl (C=O) groups is 5. The lowest BCUT2D eigenvalue weighted by Crippen LogP contribution is -2.60. The van der Waals surface area contributed by atoms with Crippen molar-refractivity contribution >= 4 is 48.2 Å². The highest BCUT2D eigenvalue weighted by atomic mass is 32.1. The summed E-state index contributed by atoms with van der Waals surface area (Å²) < 4.78 is 0. The molecule has 0 rings (SSSR count). The molecule has 0 aliphatic rings. The van der Waals surface area contributed by atoms with Crippen molar-refractivity contribution in [3.63, 3.8) is 0 Å². The number of rotatable bonds is 15. The number of thiol groups is 1. The standard InChI is InChI=1S/C17H31N7O8S/c1-7(25)12(15(30)23-10(16(31)32)5-11(26)27)24-14(29)9(3-2-4-21-17(19)20)22-13(28)8(18)6-33/h7-10,12,25,33H,2-6,18H2,1H3,(H,22,28)(H,23,30)(H,24,29)(H,26,27)(H,31,32)(H4,19,20,21). The number of carboxylic acid groups (broad SMARTS) is 2. The van der Waals surface area contributed by atoms with Crippen molar-refractivity contribution in [2.75, 3.05) is 12.3 Å². The predicted molar refractivity (Wildman–Crippen MR) is 119 cm³/mol. The highest BCUT2D eigenvalue weighted by Gasteiger charge is 2.33. The van der Waals surface area contributed by atoms with E-state index >= 15 is 0 Å². The van der Waals surface area contributed by atoms with Gasteiger partial charge in [-0.15, -0.1) is 0 Å². The zero-order chi connectivity index (χ0) is 25.7. The summed E-state index contributed by atoms with van der Waals surface area (Å²) in [5.74, 6) is -5.99. The Morgan fingerprint density at radius 1 is 0.970 bits per heavy atom. The molecule has 0 saturated carbocycles. The SMILES string of the molecule is CC(O)C(NC(=O)C(CCCN=C(N)N)NC(=O)C(N)CS)C(=O)NC(CC(=O)O)C(=O)O. The van der Waals surface area contributed by atoms with Gasteiger partial charge in [0.25, 0.3) is 0 Å². The number of aliphatic hydroxyl groups is 1. The number of nitrogens with two attached hydrogens (primary N) is 3. The minimum absolute atomic E-state index is 0.00691. The fraction of sp³-hybridized carbons (Fsp3) is 0.647. The maximum Gasteiger partial charge on any atom is 0.326 e. The van der Waals surface area contributed by atoms with E-state index in [0.29, 0.717) is 0 Å². The number of carboxylic acids is 2. The Hall–Kier alpha value is -3.11. The first-order valence-corrected chi connectivity index (χ1v) is 10.4. The zero-order valence-electron chi connectivity index (χ0n) is 17.9. The average molecular weight is 494 g/mol. The quantitative estimate of drug-likeness (QED) is 0.0451. The highest BCUT2D eigenvalue weighted by Crippen LogP contribution is 2.04. The molecule has 0 aromatic rings. The van der Waals surface area contributed by atoms with Crippen LogP contribution in [-0.4, -0.2) is 93.5 Å². The molecule has 0 aliphatic carbocycles. The molecule has 12 N–H and O–H groups in total. The van der Waals surface area contributed by atoms with E-state index in [1.807, 2.05) is 5.32 Å². The number of aliphatic carboxylic acids is 2. The second-order valence-corrected chi connectivity index (χ2v) is 7.39. The summed E-state index contributed by atoms with van der Waals surface area (Å²) in [6, 6.07) is -5.68. The second-order valence-electron chi connectivity index (χ2n) is 7.02. The van der Waals surface area contributed by atoms with Crippen molar-refractivity contribution < 1.29 is 39.3 Å². The maximum absolute atomic E-state index is 12.8. The van der Waals surface area contributed by atoms with Gasteiger partial charge in [0, 0.05) is 12.3 Å². The molecule has 0 aliphatic heterocycles. The number of aliphatic hydroxyl groups excluding tert-OH is 1. The van der Waals surface area contributed by atoms with Crippen LogP contribution in [0.5, 0.6) is 0 Å². The summed E-state index contributed by atoms with van der Waals surface area (Å²) in [6.45, 7) is 1.29. The maximum atomic E-state index is 12.8. The number of guanidine groups is 1.